The van der Waals surface area contributed by atoms with Crippen molar-refractivity contribution in [3.8, 4) is 0 Å². The topological polar surface area (TPSA) is 49.8 Å². The Bertz CT molecular complexity index is 393. The lowest BCUT2D eigenvalue weighted by Gasteiger charge is -2.32. The van der Waals surface area contributed by atoms with Crippen molar-refractivity contribution in [2.24, 2.45) is 5.92 Å². The van der Waals surface area contributed by atoms with Gasteiger partial charge in [-0.25, -0.2) is 4.98 Å². The molecule has 1 aromatic heterocycles. The van der Waals surface area contributed by atoms with Crippen molar-refractivity contribution in [3.63, 3.8) is 0 Å². The zero-order valence-electron chi connectivity index (χ0n) is 11.0. The molecule has 100 valence electrons. The summed E-state index contributed by atoms with van der Waals surface area (Å²) < 4.78 is 0.927. The molecule has 1 atom stereocenters. The number of nitrogens with one attached hydrogen (secondary N) is 2. The number of aromatic nitrogens is 2. The Morgan fingerprint density at radius 3 is 2.89 bits per heavy atom. The number of rotatable bonds is 6. The minimum absolute atomic E-state index is 0.476. The van der Waals surface area contributed by atoms with Gasteiger partial charge in [-0.05, 0) is 48.0 Å². The van der Waals surface area contributed by atoms with Gasteiger partial charge in [-0.3, -0.25) is 0 Å². The van der Waals surface area contributed by atoms with Crippen LogP contribution in [0.5, 0.6) is 0 Å². The van der Waals surface area contributed by atoms with E-state index in [-0.39, 0.29) is 0 Å². The van der Waals surface area contributed by atoms with Crippen molar-refractivity contribution in [2.45, 2.75) is 45.6 Å². The second-order valence-electron chi connectivity index (χ2n) is 4.94. The number of halogens is 1. The van der Waals surface area contributed by atoms with Crippen LogP contribution in [0.15, 0.2) is 10.7 Å². The first-order valence-electron chi connectivity index (χ1n) is 6.73. The predicted octanol–water partition coefficient (Wildman–Crippen LogP) is 3.66. The van der Waals surface area contributed by atoms with Gasteiger partial charge in [0, 0.05) is 18.8 Å². The molecule has 2 rings (SSSR count). The van der Waals surface area contributed by atoms with E-state index in [9.17, 15) is 0 Å². The van der Waals surface area contributed by atoms with E-state index < -0.39 is 0 Å². The molecule has 1 aliphatic carbocycles. The molecule has 0 radical (unpaired) electrons. The van der Waals surface area contributed by atoms with Crippen molar-refractivity contribution in [3.05, 3.63) is 10.7 Å². The summed E-state index contributed by atoms with van der Waals surface area (Å²) in [5.74, 6) is 2.38. The Hall–Kier alpha value is -0.840. The van der Waals surface area contributed by atoms with Gasteiger partial charge in [0.05, 0.1) is 4.47 Å². The quantitative estimate of drug-likeness (QED) is 0.841. The summed E-state index contributed by atoms with van der Waals surface area (Å²) in [5.41, 5.74) is 0. The van der Waals surface area contributed by atoms with Crippen LogP contribution in [0.3, 0.4) is 0 Å². The zero-order valence-corrected chi connectivity index (χ0v) is 12.6. The maximum atomic E-state index is 4.51. The van der Waals surface area contributed by atoms with Crippen LogP contribution in [-0.4, -0.2) is 22.6 Å². The molecule has 2 N–H and O–H groups in total. The molecule has 4 nitrogen and oxygen atoms in total. The van der Waals surface area contributed by atoms with Gasteiger partial charge < -0.3 is 10.6 Å². The van der Waals surface area contributed by atoms with Crippen LogP contribution < -0.4 is 10.6 Å². The van der Waals surface area contributed by atoms with E-state index in [1.54, 1.807) is 6.20 Å². The number of hydrogen-bond acceptors (Lipinski definition) is 4. The summed E-state index contributed by atoms with van der Waals surface area (Å²) in [6, 6.07) is 0.476. The molecular formula is C13H21BrN4. The fourth-order valence-electron chi connectivity index (χ4n) is 2.06. The van der Waals surface area contributed by atoms with E-state index in [1.807, 2.05) is 0 Å². The Morgan fingerprint density at radius 1 is 1.50 bits per heavy atom. The SMILES string of the molecule is CCCNc1ncc(Br)c(NC(C)C2CCC2)n1. The zero-order chi connectivity index (χ0) is 13.0. The molecular weight excluding hydrogens is 292 g/mol. The van der Waals surface area contributed by atoms with Crippen LogP contribution in [0.25, 0.3) is 0 Å². The van der Waals surface area contributed by atoms with Gasteiger partial charge in [-0.1, -0.05) is 13.3 Å². The Kier molecular flexibility index (Phi) is 4.80. The first-order valence-corrected chi connectivity index (χ1v) is 7.53. The fourth-order valence-corrected chi connectivity index (χ4v) is 2.37. The highest BCUT2D eigenvalue weighted by atomic mass is 79.9. The van der Waals surface area contributed by atoms with Crippen LogP contribution in [0.4, 0.5) is 11.8 Å². The van der Waals surface area contributed by atoms with Crippen LogP contribution in [0, 0.1) is 5.92 Å². The minimum atomic E-state index is 0.476. The molecule has 1 unspecified atom stereocenters. The summed E-state index contributed by atoms with van der Waals surface area (Å²) in [5, 5.41) is 6.70. The van der Waals surface area contributed by atoms with Crippen molar-refractivity contribution in [1.82, 2.24) is 9.97 Å². The summed E-state index contributed by atoms with van der Waals surface area (Å²) in [6.07, 6.45) is 6.90. The van der Waals surface area contributed by atoms with E-state index in [0.29, 0.717) is 12.0 Å². The molecule has 0 aromatic carbocycles. The lowest BCUT2D eigenvalue weighted by atomic mass is 9.80. The first-order chi connectivity index (χ1) is 8.70. The van der Waals surface area contributed by atoms with Gasteiger partial charge in [0.15, 0.2) is 0 Å². The summed E-state index contributed by atoms with van der Waals surface area (Å²) in [7, 11) is 0. The third-order valence-corrected chi connectivity index (χ3v) is 4.08. The van der Waals surface area contributed by atoms with E-state index in [2.05, 4.69) is 50.4 Å². The molecule has 0 bridgehead atoms. The van der Waals surface area contributed by atoms with E-state index in [4.69, 9.17) is 0 Å². The van der Waals surface area contributed by atoms with E-state index in [1.165, 1.54) is 19.3 Å². The lowest BCUT2D eigenvalue weighted by molar-refractivity contribution is 0.285. The van der Waals surface area contributed by atoms with Gasteiger partial charge in [-0.2, -0.15) is 4.98 Å². The monoisotopic (exact) mass is 312 g/mol. The standard InChI is InChI=1S/C13H21BrN4/c1-3-7-15-13-16-8-11(14)12(18-13)17-9(2)10-5-4-6-10/h8-10H,3-7H2,1-2H3,(H2,15,16,17,18). The first kappa shape index (κ1) is 13.6. The average Bonchev–Trinajstić information content (AvgIpc) is 2.28. The molecule has 18 heavy (non-hydrogen) atoms. The maximum absolute atomic E-state index is 4.51. The van der Waals surface area contributed by atoms with E-state index in [0.717, 1.165) is 29.2 Å². The number of nitrogens with zero attached hydrogens (tertiary/aromatic N) is 2. The highest BCUT2D eigenvalue weighted by Crippen LogP contribution is 2.32. The van der Waals surface area contributed by atoms with Crippen LogP contribution in [0.1, 0.15) is 39.5 Å². The van der Waals surface area contributed by atoms with E-state index >= 15 is 0 Å². The van der Waals surface area contributed by atoms with Gasteiger partial charge in [-0.15, -0.1) is 0 Å². The molecule has 1 heterocycles. The Balaban J connectivity index is 2.00. The second kappa shape index (κ2) is 6.36. The third kappa shape index (κ3) is 3.34. The smallest absolute Gasteiger partial charge is 0.224 e. The fraction of sp³-hybridized carbons (Fsp3) is 0.692. The minimum Gasteiger partial charge on any atom is -0.366 e. The molecule has 1 saturated carbocycles. The largest absolute Gasteiger partial charge is 0.366 e. The summed E-state index contributed by atoms with van der Waals surface area (Å²) in [4.78, 5) is 8.76. The van der Waals surface area contributed by atoms with Crippen molar-refractivity contribution in [2.75, 3.05) is 17.2 Å². The Labute approximate surface area is 117 Å². The highest BCUT2D eigenvalue weighted by Gasteiger charge is 2.24. The number of hydrogen-bond donors (Lipinski definition) is 2. The van der Waals surface area contributed by atoms with Gasteiger partial charge in [0.25, 0.3) is 0 Å². The van der Waals surface area contributed by atoms with Crippen molar-refractivity contribution < 1.29 is 0 Å². The average molecular weight is 313 g/mol. The maximum Gasteiger partial charge on any atom is 0.224 e. The molecule has 0 aliphatic heterocycles. The lowest BCUT2D eigenvalue weighted by Crippen LogP contribution is -2.31. The third-order valence-electron chi connectivity index (χ3n) is 3.50. The summed E-state index contributed by atoms with van der Waals surface area (Å²) >= 11 is 3.50. The second-order valence-corrected chi connectivity index (χ2v) is 5.80. The molecule has 5 heteroatoms. The van der Waals surface area contributed by atoms with Gasteiger partial charge >= 0.3 is 0 Å². The normalized spacial score (nSPS) is 17.1. The van der Waals surface area contributed by atoms with Crippen molar-refractivity contribution >= 4 is 27.7 Å². The van der Waals surface area contributed by atoms with Crippen LogP contribution in [0.2, 0.25) is 0 Å². The predicted molar refractivity (Wildman–Crippen MR) is 78.9 cm³/mol. The number of anilines is 2. The molecule has 0 amide bonds. The highest BCUT2D eigenvalue weighted by molar-refractivity contribution is 9.10. The summed E-state index contributed by atoms with van der Waals surface area (Å²) in [6.45, 7) is 5.26. The molecule has 1 fully saturated rings. The van der Waals surface area contributed by atoms with Crippen molar-refractivity contribution in [1.29, 1.82) is 0 Å². The molecule has 0 saturated heterocycles. The van der Waals surface area contributed by atoms with Crippen LogP contribution in [-0.2, 0) is 0 Å². The van der Waals surface area contributed by atoms with Gasteiger partial charge in [0.2, 0.25) is 5.95 Å². The Morgan fingerprint density at radius 2 is 2.28 bits per heavy atom. The van der Waals surface area contributed by atoms with Crippen LogP contribution >= 0.6 is 15.9 Å². The molecule has 1 aromatic rings. The van der Waals surface area contributed by atoms with Gasteiger partial charge in [0.1, 0.15) is 5.82 Å². The molecule has 1 aliphatic rings. The molecule has 0 spiro atoms.